The highest BCUT2D eigenvalue weighted by Gasteiger charge is 2.32. The Kier molecular flexibility index (Phi) is 8.89. The van der Waals surface area contributed by atoms with Crippen LogP contribution in [0.25, 0.3) is 0 Å². The number of carboxylic acids is 1. The number of piperazine rings is 1. The summed E-state index contributed by atoms with van der Waals surface area (Å²) in [7, 11) is 0. The molecule has 7 nitrogen and oxygen atoms in total. The fourth-order valence-corrected chi connectivity index (χ4v) is 6.24. The van der Waals surface area contributed by atoms with Crippen molar-refractivity contribution >= 4 is 57.2 Å². The predicted molar refractivity (Wildman–Crippen MR) is 161 cm³/mol. The molecule has 40 heavy (non-hydrogen) atoms. The number of aromatic nitrogens is 1. The van der Waals surface area contributed by atoms with Crippen molar-refractivity contribution in [3.05, 3.63) is 111 Å². The summed E-state index contributed by atoms with van der Waals surface area (Å²) in [5, 5.41) is 11.7. The average molecular weight is 596 g/mol. The lowest BCUT2D eigenvalue weighted by Crippen LogP contribution is -2.46. The average Bonchev–Trinajstić information content (AvgIpc) is 3.44. The van der Waals surface area contributed by atoms with E-state index in [1.54, 1.807) is 12.3 Å². The van der Waals surface area contributed by atoms with Gasteiger partial charge in [0.1, 0.15) is 6.04 Å². The van der Waals surface area contributed by atoms with Crippen LogP contribution in [0.4, 0.5) is 10.8 Å². The number of carbonyl (C=O) groups excluding carboxylic acids is 1. The number of thiazole rings is 1. The highest BCUT2D eigenvalue weighted by atomic mass is 35.5. The summed E-state index contributed by atoms with van der Waals surface area (Å²) in [4.78, 5) is 37.7. The summed E-state index contributed by atoms with van der Waals surface area (Å²) in [5.74, 6) is -1.57. The van der Waals surface area contributed by atoms with Crippen molar-refractivity contribution in [2.45, 2.75) is 19.0 Å². The zero-order valence-corrected chi connectivity index (χ0v) is 23.9. The van der Waals surface area contributed by atoms with E-state index in [1.807, 2.05) is 48.5 Å². The van der Waals surface area contributed by atoms with E-state index in [9.17, 15) is 14.7 Å². The molecule has 2 heterocycles. The van der Waals surface area contributed by atoms with Crippen LogP contribution in [0.1, 0.15) is 20.8 Å². The maximum atomic E-state index is 13.8. The number of para-hydroxylation sites is 1. The summed E-state index contributed by atoms with van der Waals surface area (Å²) in [6, 6.07) is 23.1. The van der Waals surface area contributed by atoms with E-state index in [0.717, 1.165) is 41.8 Å². The van der Waals surface area contributed by atoms with Crippen LogP contribution in [0.5, 0.6) is 0 Å². The van der Waals surface area contributed by atoms with E-state index in [4.69, 9.17) is 23.2 Å². The summed E-state index contributed by atoms with van der Waals surface area (Å²) in [6.07, 6.45) is 1.88. The first kappa shape index (κ1) is 28.0. The number of benzene rings is 3. The standard InChI is InChI=1S/C30H28Cl2N4O3S/c31-22-11-12-25(26(32)18-22)28(37)36(27(29(38)39)17-21-7-3-1-4-8-21)20-24-19-33-30(40-24)35-15-13-34(14-16-35)23-9-5-2-6-10-23/h1-12,18-19,27H,13-17,20H2,(H,38,39). The third kappa shape index (κ3) is 6.58. The van der Waals surface area contributed by atoms with Gasteiger partial charge in [0, 0.05) is 54.4 Å². The van der Waals surface area contributed by atoms with Gasteiger partial charge in [0.05, 0.1) is 17.1 Å². The molecule has 1 amide bonds. The molecular weight excluding hydrogens is 567 g/mol. The van der Waals surface area contributed by atoms with Crippen molar-refractivity contribution in [1.29, 1.82) is 0 Å². The third-order valence-electron chi connectivity index (χ3n) is 6.89. The van der Waals surface area contributed by atoms with Crippen molar-refractivity contribution in [1.82, 2.24) is 9.88 Å². The largest absolute Gasteiger partial charge is 0.480 e. The van der Waals surface area contributed by atoms with Crippen molar-refractivity contribution in [2.24, 2.45) is 0 Å². The topological polar surface area (TPSA) is 77.0 Å². The van der Waals surface area contributed by atoms with Crippen molar-refractivity contribution in [2.75, 3.05) is 36.0 Å². The molecule has 4 aromatic rings. The van der Waals surface area contributed by atoms with E-state index >= 15 is 0 Å². The number of hydrogen-bond acceptors (Lipinski definition) is 6. The van der Waals surface area contributed by atoms with Gasteiger partial charge in [0.15, 0.2) is 5.13 Å². The number of anilines is 2. The first-order valence-corrected chi connectivity index (χ1v) is 14.5. The van der Waals surface area contributed by atoms with Crippen LogP contribution in [0.3, 0.4) is 0 Å². The molecule has 0 radical (unpaired) electrons. The molecule has 1 N–H and O–H groups in total. The highest BCUT2D eigenvalue weighted by molar-refractivity contribution is 7.15. The Labute approximate surface area is 247 Å². The highest BCUT2D eigenvalue weighted by Crippen LogP contribution is 2.29. The molecule has 206 valence electrons. The predicted octanol–water partition coefficient (Wildman–Crippen LogP) is 6.11. The van der Waals surface area contributed by atoms with E-state index in [0.29, 0.717) is 5.02 Å². The van der Waals surface area contributed by atoms with Crippen molar-refractivity contribution in [3.63, 3.8) is 0 Å². The van der Waals surface area contributed by atoms with Crippen LogP contribution >= 0.6 is 34.5 Å². The normalized spacial score (nSPS) is 14.2. The van der Waals surface area contributed by atoms with Gasteiger partial charge in [-0.25, -0.2) is 9.78 Å². The van der Waals surface area contributed by atoms with Crippen LogP contribution < -0.4 is 9.80 Å². The number of halogens is 2. The van der Waals surface area contributed by atoms with Gasteiger partial charge in [-0.15, -0.1) is 11.3 Å². The zero-order valence-electron chi connectivity index (χ0n) is 21.6. The Hall–Kier alpha value is -3.59. The smallest absolute Gasteiger partial charge is 0.326 e. The fraction of sp³-hybridized carbons (Fsp3) is 0.233. The fourth-order valence-electron chi connectivity index (χ4n) is 4.79. The van der Waals surface area contributed by atoms with E-state index in [1.165, 1.54) is 34.1 Å². The summed E-state index contributed by atoms with van der Waals surface area (Å²) in [6.45, 7) is 3.46. The van der Waals surface area contributed by atoms with Crippen LogP contribution in [0.2, 0.25) is 10.0 Å². The molecular formula is C30H28Cl2N4O3S. The maximum absolute atomic E-state index is 13.8. The molecule has 1 aromatic heterocycles. The monoisotopic (exact) mass is 594 g/mol. The number of aliphatic carboxylic acids is 1. The number of carboxylic acid groups (broad SMARTS) is 1. The molecule has 5 rings (SSSR count). The molecule has 1 fully saturated rings. The molecule has 1 atom stereocenters. The Balaban J connectivity index is 1.37. The van der Waals surface area contributed by atoms with E-state index in [-0.39, 0.29) is 23.6 Å². The van der Waals surface area contributed by atoms with Gasteiger partial charge in [0.25, 0.3) is 5.91 Å². The van der Waals surface area contributed by atoms with E-state index in [2.05, 4.69) is 26.9 Å². The van der Waals surface area contributed by atoms with Gasteiger partial charge in [-0.05, 0) is 35.9 Å². The van der Waals surface area contributed by atoms with Crippen LogP contribution in [-0.2, 0) is 17.8 Å². The molecule has 1 aliphatic heterocycles. The second kappa shape index (κ2) is 12.7. The molecule has 0 saturated carbocycles. The second-order valence-corrected chi connectivity index (χ2v) is 11.5. The lowest BCUT2D eigenvalue weighted by atomic mass is 10.0. The molecule has 10 heteroatoms. The molecule has 3 aromatic carbocycles. The first-order valence-electron chi connectivity index (χ1n) is 12.9. The van der Waals surface area contributed by atoms with Gasteiger partial charge >= 0.3 is 5.97 Å². The van der Waals surface area contributed by atoms with Crippen molar-refractivity contribution < 1.29 is 14.7 Å². The van der Waals surface area contributed by atoms with Gasteiger partial charge in [-0.2, -0.15) is 0 Å². The van der Waals surface area contributed by atoms with Gasteiger partial charge in [-0.3, -0.25) is 4.79 Å². The number of amides is 1. The third-order valence-corrected chi connectivity index (χ3v) is 8.49. The number of hydrogen-bond donors (Lipinski definition) is 1. The second-order valence-electron chi connectivity index (χ2n) is 9.52. The van der Waals surface area contributed by atoms with Gasteiger partial charge < -0.3 is 19.8 Å². The minimum absolute atomic E-state index is 0.0865. The van der Waals surface area contributed by atoms with Crippen molar-refractivity contribution in [3.8, 4) is 0 Å². The Bertz CT molecular complexity index is 1460. The van der Waals surface area contributed by atoms with Crippen LogP contribution in [0, 0.1) is 0 Å². The maximum Gasteiger partial charge on any atom is 0.326 e. The minimum Gasteiger partial charge on any atom is -0.480 e. The van der Waals surface area contributed by atoms with E-state index < -0.39 is 17.9 Å². The molecule has 0 bridgehead atoms. The summed E-state index contributed by atoms with van der Waals surface area (Å²) in [5.41, 5.74) is 2.22. The Morgan fingerprint density at radius 1 is 0.925 bits per heavy atom. The molecule has 1 unspecified atom stereocenters. The SMILES string of the molecule is O=C(O)C(Cc1ccccc1)N(Cc1cnc(N2CCN(c3ccccc3)CC2)s1)C(=O)c1ccc(Cl)cc1Cl. The lowest BCUT2D eigenvalue weighted by Gasteiger charge is -2.36. The Morgan fingerprint density at radius 3 is 2.23 bits per heavy atom. The Morgan fingerprint density at radius 2 is 1.57 bits per heavy atom. The summed E-state index contributed by atoms with van der Waals surface area (Å²) >= 11 is 13.9. The quantitative estimate of drug-likeness (QED) is 0.252. The zero-order chi connectivity index (χ0) is 28.1. The number of nitrogens with zero attached hydrogens (tertiary/aromatic N) is 4. The summed E-state index contributed by atoms with van der Waals surface area (Å²) < 4.78 is 0. The lowest BCUT2D eigenvalue weighted by molar-refractivity contribution is -0.142. The van der Waals surface area contributed by atoms with Gasteiger partial charge in [-0.1, -0.05) is 71.7 Å². The first-order chi connectivity index (χ1) is 19.4. The molecule has 0 spiro atoms. The molecule has 0 aliphatic carbocycles. The van der Waals surface area contributed by atoms with Crippen LogP contribution in [0.15, 0.2) is 85.1 Å². The minimum atomic E-state index is -1.11. The molecule has 1 saturated heterocycles. The number of rotatable bonds is 9. The van der Waals surface area contributed by atoms with Crippen LogP contribution in [-0.4, -0.2) is 59.1 Å². The number of carbonyl (C=O) groups is 2. The molecule has 1 aliphatic rings. The van der Waals surface area contributed by atoms with Gasteiger partial charge in [0.2, 0.25) is 0 Å².